The van der Waals surface area contributed by atoms with Crippen molar-refractivity contribution >= 4 is 5.91 Å². The maximum absolute atomic E-state index is 12.2. The van der Waals surface area contributed by atoms with Gasteiger partial charge in [-0.1, -0.05) is 30.3 Å². The Morgan fingerprint density at radius 2 is 1.81 bits per heavy atom. The Bertz CT molecular complexity index is 442. The van der Waals surface area contributed by atoms with Crippen molar-refractivity contribution in [1.29, 1.82) is 0 Å². The predicted octanol–water partition coefficient (Wildman–Crippen LogP) is 2.86. The van der Waals surface area contributed by atoms with Crippen LogP contribution in [-0.4, -0.2) is 36.0 Å². The smallest absolute Gasteiger partial charge is 0.236 e. The summed E-state index contributed by atoms with van der Waals surface area (Å²) in [7, 11) is 0. The number of rotatable bonds is 4. The molecule has 116 valence electrons. The average Bonchev–Trinajstić information content (AvgIpc) is 2.46. The van der Waals surface area contributed by atoms with Gasteiger partial charge in [-0.15, -0.1) is 0 Å². The van der Waals surface area contributed by atoms with Crippen LogP contribution in [0.5, 0.6) is 0 Å². The number of carbonyl (C=O) groups excluding carboxylic acids is 1. The number of amides is 1. The van der Waals surface area contributed by atoms with Gasteiger partial charge in [0.25, 0.3) is 0 Å². The Hall–Kier alpha value is -1.35. The fourth-order valence-electron chi connectivity index (χ4n) is 2.79. The first-order chi connectivity index (χ1) is 9.94. The highest BCUT2D eigenvalue weighted by atomic mass is 16.2. The third kappa shape index (κ3) is 5.50. The molecule has 0 spiro atoms. The highest BCUT2D eigenvalue weighted by Gasteiger charge is 2.23. The van der Waals surface area contributed by atoms with E-state index in [-0.39, 0.29) is 11.4 Å². The highest BCUT2D eigenvalue weighted by Crippen LogP contribution is 2.21. The monoisotopic (exact) mass is 288 g/mol. The van der Waals surface area contributed by atoms with Crippen LogP contribution in [0.4, 0.5) is 0 Å². The molecular weight excluding hydrogens is 260 g/mol. The fraction of sp³-hybridized carbons (Fsp3) is 0.611. The molecule has 1 aliphatic rings. The molecule has 0 atom stereocenters. The Morgan fingerprint density at radius 1 is 1.19 bits per heavy atom. The standard InChI is InChI=1S/C18H28N2O/c1-18(2,3)19-14-17(21)20-11-9-16(10-12-20)13-15-7-5-4-6-8-15/h4-8,16,19H,9-14H2,1-3H3. The second-order valence-corrected chi connectivity index (χ2v) is 7.12. The first kappa shape index (κ1) is 16.0. The molecule has 0 aliphatic carbocycles. The zero-order chi connectivity index (χ0) is 15.3. The van der Waals surface area contributed by atoms with Crippen LogP contribution in [0.25, 0.3) is 0 Å². The number of hydrogen-bond donors (Lipinski definition) is 1. The zero-order valence-corrected chi connectivity index (χ0v) is 13.6. The van der Waals surface area contributed by atoms with Crippen molar-refractivity contribution in [2.45, 2.75) is 45.6 Å². The van der Waals surface area contributed by atoms with E-state index in [0.29, 0.717) is 12.5 Å². The Kier molecular flexibility index (Phi) is 5.40. The third-order valence-electron chi connectivity index (χ3n) is 4.10. The van der Waals surface area contributed by atoms with Crippen molar-refractivity contribution < 1.29 is 4.79 Å². The summed E-state index contributed by atoms with van der Waals surface area (Å²) in [6, 6.07) is 10.7. The van der Waals surface area contributed by atoms with E-state index in [0.717, 1.165) is 32.4 Å². The number of nitrogens with zero attached hydrogens (tertiary/aromatic N) is 1. The molecule has 3 nitrogen and oxygen atoms in total. The SMILES string of the molecule is CC(C)(C)NCC(=O)N1CCC(Cc2ccccc2)CC1. The maximum Gasteiger partial charge on any atom is 0.236 e. The number of nitrogens with one attached hydrogen (secondary N) is 1. The third-order valence-corrected chi connectivity index (χ3v) is 4.10. The van der Waals surface area contributed by atoms with E-state index in [2.05, 4.69) is 56.4 Å². The molecule has 1 aliphatic heterocycles. The molecule has 1 saturated heterocycles. The summed E-state index contributed by atoms with van der Waals surface area (Å²) in [5, 5.41) is 3.28. The molecule has 1 amide bonds. The number of benzene rings is 1. The van der Waals surface area contributed by atoms with Gasteiger partial charge in [0.2, 0.25) is 5.91 Å². The minimum absolute atomic E-state index is 0.00128. The van der Waals surface area contributed by atoms with E-state index in [4.69, 9.17) is 0 Å². The first-order valence-electron chi connectivity index (χ1n) is 8.01. The van der Waals surface area contributed by atoms with Crippen molar-refractivity contribution in [3.8, 4) is 0 Å². The van der Waals surface area contributed by atoms with Crippen molar-refractivity contribution in [1.82, 2.24) is 10.2 Å². The molecule has 0 unspecified atom stereocenters. The molecule has 1 heterocycles. The molecule has 1 N–H and O–H groups in total. The molecule has 0 bridgehead atoms. The normalized spacial score (nSPS) is 17.0. The van der Waals surface area contributed by atoms with Gasteiger partial charge in [0, 0.05) is 18.6 Å². The van der Waals surface area contributed by atoms with Crippen LogP contribution in [0.1, 0.15) is 39.2 Å². The van der Waals surface area contributed by atoms with E-state index in [1.54, 1.807) is 0 Å². The average molecular weight is 288 g/mol. The lowest BCUT2D eigenvalue weighted by molar-refractivity contribution is -0.131. The molecule has 1 aromatic rings. The van der Waals surface area contributed by atoms with Crippen LogP contribution < -0.4 is 5.32 Å². The highest BCUT2D eigenvalue weighted by molar-refractivity contribution is 5.78. The van der Waals surface area contributed by atoms with E-state index in [1.807, 2.05) is 4.90 Å². The zero-order valence-electron chi connectivity index (χ0n) is 13.6. The van der Waals surface area contributed by atoms with Crippen molar-refractivity contribution in [2.24, 2.45) is 5.92 Å². The lowest BCUT2D eigenvalue weighted by atomic mass is 9.90. The largest absolute Gasteiger partial charge is 0.342 e. The summed E-state index contributed by atoms with van der Waals surface area (Å²) in [5.41, 5.74) is 1.41. The molecule has 3 heteroatoms. The van der Waals surface area contributed by atoms with Gasteiger partial charge in [-0.3, -0.25) is 4.79 Å². The Morgan fingerprint density at radius 3 is 2.38 bits per heavy atom. The van der Waals surface area contributed by atoms with Gasteiger partial charge in [0.05, 0.1) is 6.54 Å². The van der Waals surface area contributed by atoms with Crippen LogP contribution in [0, 0.1) is 5.92 Å². The van der Waals surface area contributed by atoms with Crippen molar-refractivity contribution in [3.05, 3.63) is 35.9 Å². The van der Waals surface area contributed by atoms with Gasteiger partial charge in [-0.2, -0.15) is 0 Å². The fourth-order valence-corrected chi connectivity index (χ4v) is 2.79. The molecular formula is C18H28N2O. The van der Waals surface area contributed by atoms with E-state index in [9.17, 15) is 4.79 Å². The van der Waals surface area contributed by atoms with E-state index in [1.165, 1.54) is 5.56 Å². The lowest BCUT2D eigenvalue weighted by Crippen LogP contribution is -2.47. The second kappa shape index (κ2) is 7.08. The van der Waals surface area contributed by atoms with Gasteiger partial charge in [0.1, 0.15) is 0 Å². The van der Waals surface area contributed by atoms with Gasteiger partial charge >= 0.3 is 0 Å². The summed E-state index contributed by atoms with van der Waals surface area (Å²) in [5.74, 6) is 0.954. The van der Waals surface area contributed by atoms with Gasteiger partial charge < -0.3 is 10.2 Å². The number of likely N-dealkylation sites (tertiary alicyclic amines) is 1. The van der Waals surface area contributed by atoms with Crippen molar-refractivity contribution in [3.63, 3.8) is 0 Å². The van der Waals surface area contributed by atoms with Crippen LogP contribution in [0.15, 0.2) is 30.3 Å². The molecule has 0 aromatic heterocycles. The predicted molar refractivity (Wildman–Crippen MR) is 87.2 cm³/mol. The topological polar surface area (TPSA) is 32.3 Å². The summed E-state index contributed by atoms with van der Waals surface area (Å²) < 4.78 is 0. The molecule has 1 aromatic carbocycles. The molecule has 1 fully saturated rings. The quantitative estimate of drug-likeness (QED) is 0.924. The van der Waals surface area contributed by atoms with E-state index < -0.39 is 0 Å². The summed E-state index contributed by atoms with van der Waals surface area (Å²) in [6.07, 6.45) is 3.38. The Labute approximate surface area is 128 Å². The summed E-state index contributed by atoms with van der Waals surface area (Å²) >= 11 is 0. The minimum Gasteiger partial charge on any atom is -0.342 e. The Balaban J connectivity index is 1.74. The van der Waals surface area contributed by atoms with Gasteiger partial charge in [-0.05, 0) is 51.5 Å². The number of piperidine rings is 1. The van der Waals surface area contributed by atoms with Crippen LogP contribution in [0.3, 0.4) is 0 Å². The van der Waals surface area contributed by atoms with E-state index >= 15 is 0 Å². The summed E-state index contributed by atoms with van der Waals surface area (Å²) in [6.45, 7) is 8.53. The van der Waals surface area contributed by atoms with Crippen LogP contribution >= 0.6 is 0 Å². The number of carbonyl (C=O) groups is 1. The first-order valence-corrected chi connectivity index (χ1v) is 8.01. The summed E-state index contributed by atoms with van der Waals surface area (Å²) in [4.78, 5) is 14.2. The minimum atomic E-state index is 0.00128. The maximum atomic E-state index is 12.2. The molecule has 2 rings (SSSR count). The van der Waals surface area contributed by atoms with Crippen LogP contribution in [0.2, 0.25) is 0 Å². The number of hydrogen-bond acceptors (Lipinski definition) is 2. The van der Waals surface area contributed by atoms with Gasteiger partial charge in [0.15, 0.2) is 0 Å². The van der Waals surface area contributed by atoms with Crippen LogP contribution in [-0.2, 0) is 11.2 Å². The molecule has 21 heavy (non-hydrogen) atoms. The molecule has 0 saturated carbocycles. The van der Waals surface area contributed by atoms with Crippen molar-refractivity contribution in [2.75, 3.05) is 19.6 Å². The molecule has 0 radical (unpaired) electrons. The second-order valence-electron chi connectivity index (χ2n) is 7.12. The van der Waals surface area contributed by atoms with Gasteiger partial charge in [-0.25, -0.2) is 0 Å². The lowest BCUT2D eigenvalue weighted by Gasteiger charge is -2.33.